The van der Waals surface area contributed by atoms with Crippen LogP contribution in [-0.2, 0) is 6.42 Å². The molecule has 0 bridgehead atoms. The number of halogens is 1. The van der Waals surface area contributed by atoms with Crippen molar-refractivity contribution in [1.82, 2.24) is 10.4 Å². The molecule has 0 radical (unpaired) electrons. The number of nitrogens with two attached hydrogens (primary N) is 1. The zero-order valence-corrected chi connectivity index (χ0v) is 15.6. The summed E-state index contributed by atoms with van der Waals surface area (Å²) in [5, 5.41) is 11.8. The highest BCUT2D eigenvalue weighted by atomic mass is 35.5. The Hall–Kier alpha value is -2.40. The number of rotatable bonds is 2. The Bertz CT molecular complexity index is 829. The average molecular weight is 358 g/mol. The Morgan fingerprint density at radius 1 is 1.20 bits per heavy atom. The maximum Gasteiger partial charge on any atom is 0.206 e. The summed E-state index contributed by atoms with van der Waals surface area (Å²) in [4.78, 5) is 4.76. The molecule has 132 valence electrons. The van der Waals surface area contributed by atoms with Crippen LogP contribution in [0, 0.1) is 26.2 Å². The first kappa shape index (κ1) is 18.9. The highest BCUT2D eigenvalue weighted by molar-refractivity contribution is 6.04. The Morgan fingerprint density at radius 2 is 1.92 bits per heavy atom. The van der Waals surface area contributed by atoms with Gasteiger partial charge in [0.05, 0.1) is 11.4 Å². The van der Waals surface area contributed by atoms with Crippen LogP contribution in [0.2, 0.25) is 0 Å². The molecule has 0 spiro atoms. The number of benzene rings is 1. The van der Waals surface area contributed by atoms with Gasteiger partial charge in [0.1, 0.15) is 0 Å². The van der Waals surface area contributed by atoms with Crippen LogP contribution < -0.4 is 11.2 Å². The van der Waals surface area contributed by atoms with Gasteiger partial charge in [0.15, 0.2) is 0 Å². The molecule has 1 aliphatic rings. The van der Waals surface area contributed by atoms with Gasteiger partial charge in [0.25, 0.3) is 0 Å². The Balaban J connectivity index is 0.00000225. The minimum Gasteiger partial charge on any atom is -0.369 e. The number of pyridine rings is 1. The van der Waals surface area contributed by atoms with Crippen molar-refractivity contribution in [2.24, 2.45) is 10.8 Å². The van der Waals surface area contributed by atoms with Crippen molar-refractivity contribution in [1.29, 1.82) is 5.41 Å². The maximum atomic E-state index is 7.38. The maximum absolute atomic E-state index is 7.38. The van der Waals surface area contributed by atoms with E-state index in [0.29, 0.717) is 5.92 Å². The minimum atomic E-state index is -0.153. The van der Waals surface area contributed by atoms with Crippen molar-refractivity contribution >= 4 is 24.1 Å². The molecule has 6 heteroatoms. The summed E-state index contributed by atoms with van der Waals surface area (Å²) in [5.41, 5.74) is 15.9. The highest BCUT2D eigenvalue weighted by Crippen LogP contribution is 2.35. The number of aromatic nitrogens is 1. The molecule has 0 saturated carbocycles. The van der Waals surface area contributed by atoms with Gasteiger partial charge in [-0.2, -0.15) is 5.10 Å². The van der Waals surface area contributed by atoms with E-state index in [2.05, 4.69) is 54.7 Å². The quantitative estimate of drug-likeness (QED) is 0.437. The third-order valence-corrected chi connectivity index (χ3v) is 4.53. The minimum absolute atomic E-state index is 0. The average Bonchev–Trinajstić information content (AvgIpc) is 2.52. The number of hydrogen-bond acceptors (Lipinski definition) is 3. The third kappa shape index (κ3) is 3.99. The number of hydrogen-bond donors (Lipinski definition) is 3. The first-order valence-electron chi connectivity index (χ1n) is 8.15. The van der Waals surface area contributed by atoms with Crippen molar-refractivity contribution in [3.05, 3.63) is 64.0 Å². The molecule has 1 aliphatic carbocycles. The van der Waals surface area contributed by atoms with Gasteiger partial charge in [-0.25, -0.2) is 5.43 Å². The predicted molar refractivity (Wildman–Crippen MR) is 105 cm³/mol. The number of nitrogens with one attached hydrogen (secondary N) is 2. The van der Waals surface area contributed by atoms with Crippen LogP contribution in [-0.4, -0.2) is 16.7 Å². The molecule has 0 aliphatic heterocycles. The van der Waals surface area contributed by atoms with Crippen LogP contribution >= 0.6 is 12.4 Å². The molecule has 1 atom stereocenters. The molecule has 1 aromatic carbocycles. The number of hydrazone groups is 1. The zero-order valence-electron chi connectivity index (χ0n) is 14.8. The van der Waals surface area contributed by atoms with Crippen molar-refractivity contribution in [3.8, 4) is 0 Å². The van der Waals surface area contributed by atoms with Crippen LogP contribution in [0.3, 0.4) is 0 Å². The largest absolute Gasteiger partial charge is 0.369 e. The van der Waals surface area contributed by atoms with Crippen molar-refractivity contribution in [2.45, 2.75) is 39.5 Å². The van der Waals surface area contributed by atoms with Gasteiger partial charge >= 0.3 is 0 Å². The summed E-state index contributed by atoms with van der Waals surface area (Å²) in [7, 11) is 0. The summed E-state index contributed by atoms with van der Waals surface area (Å²) < 4.78 is 0. The lowest BCUT2D eigenvalue weighted by Crippen LogP contribution is -2.30. The Kier molecular flexibility index (Phi) is 5.80. The van der Waals surface area contributed by atoms with Crippen LogP contribution in [0.5, 0.6) is 0 Å². The van der Waals surface area contributed by atoms with E-state index in [1.807, 2.05) is 6.92 Å². The molecule has 1 unspecified atom stereocenters. The molecule has 5 nitrogen and oxygen atoms in total. The van der Waals surface area contributed by atoms with Crippen LogP contribution in [0.25, 0.3) is 0 Å². The Morgan fingerprint density at radius 3 is 2.60 bits per heavy atom. The second-order valence-electron chi connectivity index (χ2n) is 6.45. The number of nitrogens with zero attached hydrogens (tertiary/aromatic N) is 2. The first-order chi connectivity index (χ1) is 11.5. The molecule has 1 aromatic heterocycles. The van der Waals surface area contributed by atoms with Crippen molar-refractivity contribution in [3.63, 3.8) is 0 Å². The molecular formula is C19H24ClN5. The number of fused-ring (bicyclic) bond motifs is 1. The van der Waals surface area contributed by atoms with Gasteiger partial charge in [-0.3, -0.25) is 10.4 Å². The lowest BCUT2D eigenvalue weighted by Gasteiger charge is -2.28. The van der Waals surface area contributed by atoms with Crippen LogP contribution in [0.15, 0.2) is 35.4 Å². The molecule has 3 rings (SSSR count). The van der Waals surface area contributed by atoms with E-state index in [1.165, 1.54) is 16.7 Å². The van der Waals surface area contributed by atoms with E-state index in [1.54, 1.807) is 0 Å². The molecule has 0 saturated heterocycles. The second kappa shape index (κ2) is 7.66. The fourth-order valence-corrected chi connectivity index (χ4v) is 3.59. The smallest absolute Gasteiger partial charge is 0.206 e. The standard InChI is InChI=1S/C19H23N5.ClH/c1-11-6-4-5-7-15(11)14-9-16-18(12(2)8-13(3)22-16)17(10-14)23-24-19(20)21;/h4-8,14H,9-10H2,1-3H3,(H4,20,21,24);1H. The van der Waals surface area contributed by atoms with Gasteiger partial charge in [0, 0.05) is 11.3 Å². The molecule has 2 aromatic rings. The molecule has 1 heterocycles. The van der Waals surface area contributed by atoms with E-state index in [-0.39, 0.29) is 18.4 Å². The van der Waals surface area contributed by atoms with Crippen LogP contribution in [0.4, 0.5) is 0 Å². The molecular weight excluding hydrogens is 334 g/mol. The lowest BCUT2D eigenvalue weighted by atomic mass is 9.78. The van der Waals surface area contributed by atoms with E-state index in [0.717, 1.165) is 35.5 Å². The van der Waals surface area contributed by atoms with Crippen molar-refractivity contribution in [2.75, 3.05) is 0 Å². The fourth-order valence-electron chi connectivity index (χ4n) is 3.59. The van der Waals surface area contributed by atoms with Crippen LogP contribution in [0.1, 0.15) is 46.0 Å². The van der Waals surface area contributed by atoms with E-state index >= 15 is 0 Å². The van der Waals surface area contributed by atoms with Gasteiger partial charge < -0.3 is 5.73 Å². The highest BCUT2D eigenvalue weighted by Gasteiger charge is 2.28. The van der Waals surface area contributed by atoms with Gasteiger partial charge in [-0.15, -0.1) is 12.4 Å². The lowest BCUT2D eigenvalue weighted by molar-refractivity contribution is 0.669. The second-order valence-corrected chi connectivity index (χ2v) is 6.45. The summed E-state index contributed by atoms with van der Waals surface area (Å²) in [5.74, 6) is 0.180. The topological polar surface area (TPSA) is 87.2 Å². The normalized spacial score (nSPS) is 17.6. The molecule has 4 N–H and O–H groups in total. The monoisotopic (exact) mass is 357 g/mol. The van der Waals surface area contributed by atoms with E-state index < -0.39 is 0 Å². The van der Waals surface area contributed by atoms with E-state index in [4.69, 9.17) is 16.1 Å². The van der Waals surface area contributed by atoms with Gasteiger partial charge in [-0.05, 0) is 62.3 Å². The summed E-state index contributed by atoms with van der Waals surface area (Å²) in [6, 6.07) is 10.6. The fraction of sp³-hybridized carbons (Fsp3) is 0.316. The summed E-state index contributed by atoms with van der Waals surface area (Å²) in [6.45, 7) is 6.25. The van der Waals surface area contributed by atoms with E-state index in [9.17, 15) is 0 Å². The summed E-state index contributed by atoms with van der Waals surface area (Å²) in [6.07, 6.45) is 1.71. The third-order valence-electron chi connectivity index (χ3n) is 4.53. The molecule has 0 amide bonds. The zero-order chi connectivity index (χ0) is 17.3. The molecule has 25 heavy (non-hydrogen) atoms. The Labute approximate surface area is 154 Å². The SMILES string of the molecule is Cc1cc(C)c2c(n1)CC(c1ccccc1C)CC2=NNC(=N)N.Cl. The van der Waals surface area contributed by atoms with Gasteiger partial charge in [-0.1, -0.05) is 24.3 Å². The van der Waals surface area contributed by atoms with Crippen molar-refractivity contribution < 1.29 is 0 Å². The predicted octanol–water partition coefficient (Wildman–Crippen LogP) is 3.35. The first-order valence-corrected chi connectivity index (χ1v) is 8.15. The van der Waals surface area contributed by atoms with Gasteiger partial charge in [0.2, 0.25) is 5.96 Å². The number of aryl methyl sites for hydroxylation is 3. The number of guanidine groups is 1. The summed E-state index contributed by atoms with van der Waals surface area (Å²) >= 11 is 0. The molecule has 0 fully saturated rings.